The Labute approximate surface area is 84.3 Å². The van der Waals surface area contributed by atoms with Gasteiger partial charge in [-0.15, -0.1) is 0 Å². The summed E-state index contributed by atoms with van der Waals surface area (Å²) in [5, 5.41) is 8.97. The normalized spacial score (nSPS) is 13.9. The third kappa shape index (κ3) is 2.73. The fourth-order valence-electron chi connectivity index (χ4n) is 1.14. The van der Waals surface area contributed by atoms with Crippen LogP contribution in [-0.4, -0.2) is 25.0 Å². The molecule has 1 atom stereocenters. The lowest BCUT2D eigenvalue weighted by atomic mass is 10.1. The molecule has 0 saturated carbocycles. The van der Waals surface area contributed by atoms with Crippen LogP contribution in [0.2, 0.25) is 0 Å². The molecule has 0 heterocycles. The first-order chi connectivity index (χ1) is 6.41. The molecule has 1 aromatic rings. The van der Waals surface area contributed by atoms with Crippen LogP contribution in [0.4, 0.5) is 0 Å². The summed E-state index contributed by atoms with van der Waals surface area (Å²) in [5.74, 6) is 0.156. The predicted octanol–water partition coefficient (Wildman–Crippen LogP) is 1.37. The van der Waals surface area contributed by atoms with E-state index in [1.54, 1.807) is 31.2 Å². The maximum Gasteiger partial charge on any atom is 0.150 e. The van der Waals surface area contributed by atoms with Crippen molar-refractivity contribution in [2.24, 2.45) is 0 Å². The van der Waals surface area contributed by atoms with Gasteiger partial charge in [-0.3, -0.25) is 0 Å². The van der Waals surface area contributed by atoms with E-state index in [1.807, 2.05) is 0 Å². The molecular weight excluding hydrogens is 200 g/mol. The molecule has 0 aliphatic rings. The third-order valence-corrected chi connectivity index (χ3v) is 3.86. The molecule has 0 aliphatic carbocycles. The fourth-order valence-corrected chi connectivity index (χ4v) is 1.63. The van der Waals surface area contributed by atoms with Crippen LogP contribution in [0.3, 0.4) is 0 Å². The predicted molar refractivity (Wildman–Crippen MR) is 56.1 cm³/mol. The van der Waals surface area contributed by atoms with Gasteiger partial charge in [0.05, 0.1) is 5.25 Å². The Kier molecular flexibility index (Phi) is 3.16. The molecule has 0 amide bonds. The number of aromatic hydroxyl groups is 1. The van der Waals surface area contributed by atoms with Crippen LogP contribution in [0.1, 0.15) is 12.5 Å². The van der Waals surface area contributed by atoms with E-state index in [0.717, 1.165) is 0 Å². The Balaban J connectivity index is 2.85. The number of phenolic OH excluding ortho intramolecular Hbond substituents is 1. The van der Waals surface area contributed by atoms with Gasteiger partial charge in [0, 0.05) is 6.26 Å². The molecule has 1 rings (SSSR count). The molecule has 3 nitrogen and oxygen atoms in total. The van der Waals surface area contributed by atoms with Crippen LogP contribution in [0, 0.1) is 0 Å². The summed E-state index contributed by atoms with van der Waals surface area (Å²) in [7, 11) is -3.03. The minimum Gasteiger partial charge on any atom is -0.508 e. The molecule has 0 saturated heterocycles. The Morgan fingerprint density at radius 3 is 2.43 bits per heavy atom. The molecule has 14 heavy (non-hydrogen) atoms. The van der Waals surface area contributed by atoms with E-state index in [1.165, 1.54) is 6.26 Å². The van der Waals surface area contributed by atoms with Gasteiger partial charge in [-0.1, -0.05) is 18.2 Å². The largest absolute Gasteiger partial charge is 0.508 e. The number of para-hydroxylation sites is 1. The topological polar surface area (TPSA) is 54.4 Å². The summed E-state index contributed by atoms with van der Waals surface area (Å²) < 4.78 is 22.3. The first-order valence-corrected chi connectivity index (χ1v) is 6.32. The Hall–Kier alpha value is -1.03. The summed E-state index contributed by atoms with van der Waals surface area (Å²) in [5.41, 5.74) is 0.672. The van der Waals surface area contributed by atoms with E-state index in [4.69, 9.17) is 0 Å². The van der Waals surface area contributed by atoms with Gasteiger partial charge in [0.1, 0.15) is 15.6 Å². The number of hydrogen-bond donors (Lipinski definition) is 1. The molecule has 0 radical (unpaired) electrons. The average molecular weight is 214 g/mol. The van der Waals surface area contributed by atoms with Gasteiger partial charge < -0.3 is 5.11 Å². The van der Waals surface area contributed by atoms with Crippen LogP contribution < -0.4 is 0 Å². The minimum atomic E-state index is -3.03. The highest BCUT2D eigenvalue weighted by molar-refractivity contribution is 7.91. The van der Waals surface area contributed by atoms with Gasteiger partial charge in [0.25, 0.3) is 0 Å². The molecule has 78 valence electrons. The highest BCUT2D eigenvalue weighted by Gasteiger charge is 2.16. The molecule has 0 fully saturated rings. The zero-order valence-electron chi connectivity index (χ0n) is 8.27. The van der Waals surface area contributed by atoms with Crippen molar-refractivity contribution >= 4 is 9.84 Å². The molecule has 0 aliphatic heterocycles. The van der Waals surface area contributed by atoms with Crippen molar-refractivity contribution in [3.63, 3.8) is 0 Å². The van der Waals surface area contributed by atoms with E-state index in [9.17, 15) is 13.5 Å². The lowest BCUT2D eigenvalue weighted by Crippen LogP contribution is -2.18. The van der Waals surface area contributed by atoms with Crippen molar-refractivity contribution in [3.05, 3.63) is 29.8 Å². The van der Waals surface area contributed by atoms with Crippen LogP contribution in [0.5, 0.6) is 5.75 Å². The number of benzene rings is 1. The summed E-state index contributed by atoms with van der Waals surface area (Å²) in [4.78, 5) is 0. The maximum absolute atomic E-state index is 11.2. The van der Waals surface area contributed by atoms with Crippen molar-refractivity contribution in [1.29, 1.82) is 0 Å². The highest BCUT2D eigenvalue weighted by atomic mass is 32.2. The standard InChI is InChI=1S/C10H14O3S/c1-8(14(2,12)13)7-9-5-3-4-6-10(9)11/h3-6,8,11H,7H2,1-2H3. The van der Waals surface area contributed by atoms with Crippen LogP contribution in [-0.2, 0) is 16.3 Å². The van der Waals surface area contributed by atoms with Crippen LogP contribution in [0.15, 0.2) is 24.3 Å². The summed E-state index contributed by atoms with van der Waals surface area (Å²) >= 11 is 0. The molecule has 1 N–H and O–H groups in total. The van der Waals surface area contributed by atoms with Gasteiger partial charge in [-0.05, 0) is 25.0 Å². The number of hydrogen-bond acceptors (Lipinski definition) is 3. The highest BCUT2D eigenvalue weighted by Crippen LogP contribution is 2.19. The van der Waals surface area contributed by atoms with Crippen molar-refractivity contribution in [2.75, 3.05) is 6.26 Å². The van der Waals surface area contributed by atoms with E-state index in [0.29, 0.717) is 12.0 Å². The SMILES string of the molecule is CC(Cc1ccccc1O)S(C)(=O)=O. The Morgan fingerprint density at radius 1 is 1.36 bits per heavy atom. The van der Waals surface area contributed by atoms with E-state index in [-0.39, 0.29) is 5.75 Å². The zero-order chi connectivity index (χ0) is 10.8. The van der Waals surface area contributed by atoms with Crippen molar-refractivity contribution in [1.82, 2.24) is 0 Å². The summed E-state index contributed by atoms with van der Waals surface area (Å²) in [6, 6.07) is 6.79. The fraction of sp³-hybridized carbons (Fsp3) is 0.400. The van der Waals surface area contributed by atoms with Gasteiger partial charge in [0.15, 0.2) is 0 Å². The zero-order valence-corrected chi connectivity index (χ0v) is 9.08. The first kappa shape index (κ1) is 11.0. The average Bonchev–Trinajstić information content (AvgIpc) is 2.07. The number of sulfone groups is 1. The van der Waals surface area contributed by atoms with Crippen LogP contribution >= 0.6 is 0 Å². The lowest BCUT2D eigenvalue weighted by Gasteiger charge is -2.10. The van der Waals surface area contributed by atoms with Gasteiger partial charge in [-0.25, -0.2) is 8.42 Å². The van der Waals surface area contributed by atoms with Gasteiger partial charge in [-0.2, -0.15) is 0 Å². The third-order valence-electron chi connectivity index (χ3n) is 2.23. The molecule has 0 spiro atoms. The second-order valence-electron chi connectivity index (χ2n) is 3.47. The molecular formula is C10H14O3S. The monoisotopic (exact) mass is 214 g/mol. The first-order valence-electron chi connectivity index (χ1n) is 4.37. The van der Waals surface area contributed by atoms with Gasteiger partial charge >= 0.3 is 0 Å². The quantitative estimate of drug-likeness (QED) is 0.826. The molecule has 0 aromatic heterocycles. The summed E-state index contributed by atoms with van der Waals surface area (Å²) in [6.07, 6.45) is 1.56. The van der Waals surface area contributed by atoms with E-state index in [2.05, 4.69) is 0 Å². The van der Waals surface area contributed by atoms with Crippen molar-refractivity contribution in [3.8, 4) is 5.75 Å². The van der Waals surface area contributed by atoms with E-state index >= 15 is 0 Å². The smallest absolute Gasteiger partial charge is 0.150 e. The minimum absolute atomic E-state index is 0.156. The Bertz CT molecular complexity index is 409. The van der Waals surface area contributed by atoms with E-state index < -0.39 is 15.1 Å². The van der Waals surface area contributed by atoms with Crippen LogP contribution in [0.25, 0.3) is 0 Å². The molecule has 1 aromatic carbocycles. The second kappa shape index (κ2) is 4.00. The molecule has 0 bridgehead atoms. The lowest BCUT2D eigenvalue weighted by molar-refractivity contribution is 0.467. The Morgan fingerprint density at radius 2 is 1.93 bits per heavy atom. The van der Waals surface area contributed by atoms with Gasteiger partial charge in [0.2, 0.25) is 0 Å². The summed E-state index contributed by atoms with van der Waals surface area (Å²) in [6.45, 7) is 1.64. The molecule has 4 heteroatoms. The second-order valence-corrected chi connectivity index (χ2v) is 5.94. The van der Waals surface area contributed by atoms with Crippen molar-refractivity contribution in [2.45, 2.75) is 18.6 Å². The number of phenols is 1. The maximum atomic E-state index is 11.2. The van der Waals surface area contributed by atoms with Crippen molar-refractivity contribution < 1.29 is 13.5 Å². The molecule has 1 unspecified atom stereocenters. The number of rotatable bonds is 3.